The number of hydrogen-bond donors (Lipinski definition) is 4. The molecule has 1 aromatic heterocycles. The first kappa shape index (κ1) is 14.5. The van der Waals surface area contributed by atoms with Crippen LogP contribution in [0.15, 0.2) is 6.33 Å². The lowest BCUT2D eigenvalue weighted by Crippen LogP contribution is -2.40. The summed E-state index contributed by atoms with van der Waals surface area (Å²) in [6.45, 7) is 9.17. The lowest BCUT2D eigenvalue weighted by atomic mass is 10.1. The molecule has 0 fully saturated rings. The summed E-state index contributed by atoms with van der Waals surface area (Å²) >= 11 is 0. The maximum absolute atomic E-state index is 6.00. The zero-order chi connectivity index (χ0) is 13.6. The van der Waals surface area contributed by atoms with Gasteiger partial charge < -0.3 is 16.5 Å². The Labute approximate surface area is 109 Å². The summed E-state index contributed by atoms with van der Waals surface area (Å²) in [4.78, 5) is 8.26. The molecular formula is C12H24N6. The van der Waals surface area contributed by atoms with Crippen LogP contribution in [0.3, 0.4) is 0 Å². The maximum Gasteiger partial charge on any atom is 0.169 e. The second kappa shape index (κ2) is 6.39. The molecule has 6 heteroatoms. The highest BCUT2D eigenvalue weighted by Gasteiger charge is 2.11. The van der Waals surface area contributed by atoms with Crippen LogP contribution in [0.25, 0.3) is 0 Å². The molecule has 1 aromatic rings. The van der Waals surface area contributed by atoms with Crippen molar-refractivity contribution in [3.63, 3.8) is 0 Å². The molecule has 0 unspecified atom stereocenters. The lowest BCUT2D eigenvalue weighted by Gasteiger charge is -2.22. The van der Waals surface area contributed by atoms with Crippen molar-refractivity contribution in [3.8, 4) is 0 Å². The van der Waals surface area contributed by atoms with Crippen LogP contribution in [0, 0.1) is 0 Å². The predicted molar refractivity (Wildman–Crippen MR) is 76.4 cm³/mol. The summed E-state index contributed by atoms with van der Waals surface area (Å²) in [7, 11) is 0. The molecule has 5 N–H and O–H groups in total. The van der Waals surface area contributed by atoms with Crippen LogP contribution in [0.5, 0.6) is 0 Å². The van der Waals surface area contributed by atoms with Crippen molar-refractivity contribution in [1.82, 2.24) is 15.4 Å². The van der Waals surface area contributed by atoms with Crippen LogP contribution in [-0.2, 0) is 0 Å². The first-order chi connectivity index (χ1) is 8.44. The van der Waals surface area contributed by atoms with Gasteiger partial charge in [-0.2, -0.15) is 0 Å². The molecule has 0 radical (unpaired) electrons. The van der Waals surface area contributed by atoms with Crippen LogP contribution in [0.1, 0.15) is 40.5 Å². The van der Waals surface area contributed by atoms with Crippen molar-refractivity contribution in [2.75, 3.05) is 23.0 Å². The molecule has 6 nitrogen and oxygen atoms in total. The third-order valence-electron chi connectivity index (χ3n) is 2.26. The van der Waals surface area contributed by atoms with Crippen molar-refractivity contribution < 1.29 is 0 Å². The summed E-state index contributed by atoms with van der Waals surface area (Å²) in [5, 5.41) is 3.21. The van der Waals surface area contributed by atoms with Gasteiger partial charge >= 0.3 is 0 Å². The standard InChI is InChI=1S/C12H24N6/c1-5-6-7-14-10-9(13)11(16-8-15-10)17-18-12(2,3)4/h8,18H,5-7,13H2,1-4H3,(H2,14,15,16,17). The SMILES string of the molecule is CCCCNc1ncnc(NNC(C)(C)C)c1N. The molecule has 0 spiro atoms. The molecule has 0 aliphatic carbocycles. The van der Waals surface area contributed by atoms with Crippen molar-refractivity contribution in [1.29, 1.82) is 0 Å². The van der Waals surface area contributed by atoms with Crippen LogP contribution in [-0.4, -0.2) is 22.1 Å². The maximum atomic E-state index is 6.00. The third-order valence-corrected chi connectivity index (χ3v) is 2.26. The second-order valence-corrected chi connectivity index (χ2v) is 5.26. The predicted octanol–water partition coefficient (Wildman–Crippen LogP) is 1.99. The van der Waals surface area contributed by atoms with E-state index in [0.717, 1.165) is 19.4 Å². The number of anilines is 3. The molecule has 0 amide bonds. The second-order valence-electron chi connectivity index (χ2n) is 5.26. The van der Waals surface area contributed by atoms with E-state index >= 15 is 0 Å². The molecule has 102 valence electrons. The molecule has 0 saturated heterocycles. The third kappa shape index (κ3) is 4.75. The van der Waals surface area contributed by atoms with Crippen LogP contribution < -0.4 is 21.9 Å². The summed E-state index contributed by atoms with van der Waals surface area (Å²) in [5.41, 5.74) is 12.6. The Hall–Kier alpha value is -1.56. The number of nitrogens with two attached hydrogens (primary N) is 1. The number of aromatic nitrogens is 2. The highest BCUT2D eigenvalue weighted by molar-refractivity contribution is 5.73. The fraction of sp³-hybridized carbons (Fsp3) is 0.667. The Morgan fingerprint density at radius 3 is 2.50 bits per heavy atom. The van der Waals surface area contributed by atoms with Gasteiger partial charge in [-0.05, 0) is 27.2 Å². The Morgan fingerprint density at radius 2 is 1.89 bits per heavy atom. The normalized spacial score (nSPS) is 11.3. The Balaban J connectivity index is 2.66. The van der Waals surface area contributed by atoms with Gasteiger partial charge in [0.1, 0.15) is 12.0 Å². The largest absolute Gasteiger partial charge is 0.393 e. The van der Waals surface area contributed by atoms with Gasteiger partial charge in [0.2, 0.25) is 0 Å². The zero-order valence-corrected chi connectivity index (χ0v) is 11.7. The van der Waals surface area contributed by atoms with E-state index in [1.807, 2.05) is 0 Å². The van der Waals surface area contributed by atoms with E-state index in [4.69, 9.17) is 5.73 Å². The quantitative estimate of drug-likeness (QED) is 0.457. The number of hydrogen-bond acceptors (Lipinski definition) is 6. The molecular weight excluding hydrogens is 228 g/mol. The fourth-order valence-electron chi connectivity index (χ4n) is 1.27. The zero-order valence-electron chi connectivity index (χ0n) is 11.7. The summed E-state index contributed by atoms with van der Waals surface area (Å²) in [6.07, 6.45) is 3.72. The molecule has 0 aliphatic rings. The van der Waals surface area contributed by atoms with Gasteiger partial charge in [0, 0.05) is 12.1 Å². The molecule has 0 saturated carbocycles. The molecule has 0 bridgehead atoms. The fourth-order valence-corrected chi connectivity index (χ4v) is 1.27. The van der Waals surface area contributed by atoms with Crippen LogP contribution >= 0.6 is 0 Å². The van der Waals surface area contributed by atoms with Crippen molar-refractivity contribution in [2.24, 2.45) is 0 Å². The minimum absolute atomic E-state index is 0.0623. The van der Waals surface area contributed by atoms with Crippen LogP contribution in [0.4, 0.5) is 17.3 Å². The van der Waals surface area contributed by atoms with E-state index in [1.54, 1.807) is 0 Å². The average Bonchev–Trinajstić information content (AvgIpc) is 2.29. The number of nitrogens with one attached hydrogen (secondary N) is 3. The molecule has 18 heavy (non-hydrogen) atoms. The topological polar surface area (TPSA) is 87.9 Å². The molecule has 0 atom stereocenters. The van der Waals surface area contributed by atoms with Gasteiger partial charge in [-0.3, -0.25) is 0 Å². The Bertz CT molecular complexity index is 371. The van der Waals surface area contributed by atoms with E-state index in [0.29, 0.717) is 17.3 Å². The first-order valence-electron chi connectivity index (χ1n) is 6.31. The summed E-state index contributed by atoms with van der Waals surface area (Å²) in [6, 6.07) is 0. The summed E-state index contributed by atoms with van der Waals surface area (Å²) < 4.78 is 0. The van der Waals surface area contributed by atoms with E-state index in [9.17, 15) is 0 Å². The minimum Gasteiger partial charge on any atom is -0.393 e. The monoisotopic (exact) mass is 252 g/mol. The van der Waals surface area contributed by atoms with E-state index < -0.39 is 0 Å². The number of nitrogens with zero attached hydrogens (tertiary/aromatic N) is 2. The summed E-state index contributed by atoms with van der Waals surface area (Å²) in [5.74, 6) is 1.27. The highest BCUT2D eigenvalue weighted by Crippen LogP contribution is 2.21. The molecule has 1 rings (SSSR count). The average molecular weight is 252 g/mol. The van der Waals surface area contributed by atoms with Gasteiger partial charge in [0.25, 0.3) is 0 Å². The molecule has 0 aliphatic heterocycles. The van der Waals surface area contributed by atoms with E-state index in [-0.39, 0.29) is 5.54 Å². The Morgan fingerprint density at radius 1 is 1.22 bits per heavy atom. The van der Waals surface area contributed by atoms with Crippen LogP contribution in [0.2, 0.25) is 0 Å². The van der Waals surface area contributed by atoms with E-state index in [2.05, 4.69) is 53.8 Å². The van der Waals surface area contributed by atoms with E-state index in [1.165, 1.54) is 6.33 Å². The van der Waals surface area contributed by atoms with Gasteiger partial charge in [-0.25, -0.2) is 15.4 Å². The van der Waals surface area contributed by atoms with Crippen molar-refractivity contribution in [3.05, 3.63) is 6.33 Å². The number of nitrogen functional groups attached to an aromatic ring is 1. The molecule has 0 aromatic carbocycles. The van der Waals surface area contributed by atoms with Crippen molar-refractivity contribution in [2.45, 2.75) is 46.1 Å². The lowest BCUT2D eigenvalue weighted by molar-refractivity contribution is 0.464. The Kier molecular flexibility index (Phi) is 5.15. The van der Waals surface area contributed by atoms with Gasteiger partial charge in [0.15, 0.2) is 11.6 Å². The number of hydrazine groups is 1. The minimum atomic E-state index is -0.0623. The smallest absolute Gasteiger partial charge is 0.169 e. The highest BCUT2D eigenvalue weighted by atomic mass is 15.4. The number of rotatable bonds is 6. The first-order valence-corrected chi connectivity index (χ1v) is 6.31. The van der Waals surface area contributed by atoms with Gasteiger partial charge in [-0.1, -0.05) is 13.3 Å². The molecule has 1 heterocycles. The van der Waals surface area contributed by atoms with Gasteiger partial charge in [-0.15, -0.1) is 0 Å². The van der Waals surface area contributed by atoms with Gasteiger partial charge in [0.05, 0.1) is 0 Å². The number of unbranched alkanes of at least 4 members (excludes halogenated alkanes) is 1. The van der Waals surface area contributed by atoms with Crippen molar-refractivity contribution >= 4 is 17.3 Å².